The SMILES string of the molecule is Cc1cc(C)cc(NC(N)=NCCCn2c(C)nc3ccccc32)c1.I. The molecule has 3 aromatic rings. The van der Waals surface area contributed by atoms with E-state index in [0.29, 0.717) is 12.5 Å². The predicted octanol–water partition coefficient (Wildman–Crippen LogP) is 4.40. The number of aryl methyl sites for hydroxylation is 4. The molecule has 5 nitrogen and oxygen atoms in total. The first-order valence-electron chi connectivity index (χ1n) is 8.60. The first kappa shape index (κ1) is 20.2. The number of halogens is 1. The molecule has 0 unspecified atom stereocenters. The van der Waals surface area contributed by atoms with Gasteiger partial charge in [-0.3, -0.25) is 4.99 Å². The Morgan fingerprint density at radius 2 is 1.81 bits per heavy atom. The Morgan fingerprint density at radius 3 is 2.54 bits per heavy atom. The Kier molecular flexibility index (Phi) is 7.02. The summed E-state index contributed by atoms with van der Waals surface area (Å²) in [6.45, 7) is 7.74. The summed E-state index contributed by atoms with van der Waals surface area (Å²) >= 11 is 0. The molecule has 1 aromatic heterocycles. The summed E-state index contributed by atoms with van der Waals surface area (Å²) in [5.41, 5.74) is 11.6. The minimum atomic E-state index is 0. The van der Waals surface area contributed by atoms with Gasteiger partial charge in [0, 0.05) is 18.8 Å². The molecule has 3 N–H and O–H groups in total. The molecular formula is C20H26IN5. The van der Waals surface area contributed by atoms with Crippen molar-refractivity contribution >= 4 is 46.7 Å². The molecule has 6 heteroatoms. The van der Waals surface area contributed by atoms with Crippen LogP contribution in [0, 0.1) is 20.8 Å². The second-order valence-electron chi connectivity index (χ2n) is 6.42. The number of aromatic nitrogens is 2. The van der Waals surface area contributed by atoms with Crippen molar-refractivity contribution in [1.29, 1.82) is 0 Å². The lowest BCUT2D eigenvalue weighted by molar-refractivity contribution is 0.649. The Balaban J connectivity index is 0.00000243. The van der Waals surface area contributed by atoms with Crippen LogP contribution in [0.1, 0.15) is 23.4 Å². The fraction of sp³-hybridized carbons (Fsp3) is 0.300. The number of hydrogen-bond donors (Lipinski definition) is 2. The fourth-order valence-corrected chi connectivity index (χ4v) is 3.14. The number of nitrogens with two attached hydrogens (primary N) is 1. The van der Waals surface area contributed by atoms with Gasteiger partial charge in [-0.2, -0.15) is 0 Å². The average Bonchev–Trinajstić information content (AvgIpc) is 2.86. The number of benzene rings is 2. The first-order valence-corrected chi connectivity index (χ1v) is 8.60. The summed E-state index contributed by atoms with van der Waals surface area (Å²) in [5, 5.41) is 3.17. The summed E-state index contributed by atoms with van der Waals surface area (Å²) < 4.78 is 2.23. The Labute approximate surface area is 171 Å². The highest BCUT2D eigenvalue weighted by atomic mass is 127. The van der Waals surface area contributed by atoms with Crippen LogP contribution in [0.5, 0.6) is 0 Å². The molecule has 26 heavy (non-hydrogen) atoms. The van der Waals surface area contributed by atoms with Crippen molar-refractivity contribution in [3.05, 3.63) is 59.4 Å². The highest BCUT2D eigenvalue weighted by molar-refractivity contribution is 14.0. The molecule has 3 rings (SSSR count). The van der Waals surface area contributed by atoms with Crippen LogP contribution in [-0.2, 0) is 6.54 Å². The lowest BCUT2D eigenvalue weighted by Crippen LogP contribution is -2.23. The minimum absolute atomic E-state index is 0. The second kappa shape index (κ2) is 9.02. The lowest BCUT2D eigenvalue weighted by atomic mass is 10.1. The van der Waals surface area contributed by atoms with Gasteiger partial charge in [-0.25, -0.2) is 4.98 Å². The number of nitrogens with one attached hydrogen (secondary N) is 1. The van der Waals surface area contributed by atoms with Crippen molar-refractivity contribution in [2.75, 3.05) is 11.9 Å². The van der Waals surface area contributed by atoms with Crippen LogP contribution in [0.25, 0.3) is 11.0 Å². The number of hydrogen-bond acceptors (Lipinski definition) is 2. The average molecular weight is 463 g/mol. The number of imidazole rings is 1. The van der Waals surface area contributed by atoms with Crippen LogP contribution in [0.2, 0.25) is 0 Å². The summed E-state index contributed by atoms with van der Waals surface area (Å²) in [7, 11) is 0. The predicted molar refractivity (Wildman–Crippen MR) is 121 cm³/mol. The summed E-state index contributed by atoms with van der Waals surface area (Å²) in [6.07, 6.45) is 0.913. The molecule has 0 fully saturated rings. The van der Waals surface area contributed by atoms with E-state index in [0.717, 1.165) is 30.0 Å². The van der Waals surface area contributed by atoms with Gasteiger partial charge >= 0.3 is 0 Å². The molecule has 0 saturated carbocycles. The lowest BCUT2D eigenvalue weighted by Gasteiger charge is -2.09. The van der Waals surface area contributed by atoms with Gasteiger partial charge in [-0.15, -0.1) is 24.0 Å². The molecule has 0 spiro atoms. The zero-order chi connectivity index (χ0) is 17.8. The number of guanidine groups is 1. The molecule has 138 valence electrons. The second-order valence-corrected chi connectivity index (χ2v) is 6.42. The highest BCUT2D eigenvalue weighted by Gasteiger charge is 2.05. The fourth-order valence-electron chi connectivity index (χ4n) is 3.14. The molecule has 0 aliphatic heterocycles. The van der Waals surface area contributed by atoms with Crippen LogP contribution >= 0.6 is 24.0 Å². The Hall–Kier alpha value is -2.09. The summed E-state index contributed by atoms with van der Waals surface area (Å²) in [4.78, 5) is 9.03. The molecule has 0 atom stereocenters. The third kappa shape index (κ3) is 4.97. The third-order valence-electron chi connectivity index (χ3n) is 4.16. The Morgan fingerprint density at radius 1 is 1.12 bits per heavy atom. The van der Waals surface area contributed by atoms with E-state index in [4.69, 9.17) is 5.73 Å². The zero-order valence-electron chi connectivity index (χ0n) is 15.5. The molecule has 0 bridgehead atoms. The minimum Gasteiger partial charge on any atom is -0.370 e. The maximum atomic E-state index is 6.01. The summed E-state index contributed by atoms with van der Waals surface area (Å²) in [5.74, 6) is 1.49. The number of fused-ring (bicyclic) bond motifs is 1. The molecule has 0 amide bonds. The Bertz CT molecular complexity index is 893. The number of rotatable bonds is 5. The monoisotopic (exact) mass is 463 g/mol. The molecule has 0 aliphatic carbocycles. The van der Waals surface area contributed by atoms with Gasteiger partial charge in [0.1, 0.15) is 5.82 Å². The van der Waals surface area contributed by atoms with Crippen molar-refractivity contribution in [3.8, 4) is 0 Å². The van der Waals surface area contributed by atoms with E-state index >= 15 is 0 Å². The highest BCUT2D eigenvalue weighted by Crippen LogP contribution is 2.16. The van der Waals surface area contributed by atoms with Gasteiger partial charge in [0.2, 0.25) is 0 Å². The molecule has 2 aromatic carbocycles. The number of aliphatic imine (C=N–C) groups is 1. The first-order chi connectivity index (χ1) is 12.0. The smallest absolute Gasteiger partial charge is 0.193 e. The molecular weight excluding hydrogens is 437 g/mol. The molecule has 1 heterocycles. The number of para-hydroxylation sites is 2. The molecule has 0 saturated heterocycles. The van der Waals surface area contributed by atoms with Gasteiger partial charge in [0.25, 0.3) is 0 Å². The van der Waals surface area contributed by atoms with E-state index < -0.39 is 0 Å². The van der Waals surface area contributed by atoms with E-state index in [9.17, 15) is 0 Å². The number of anilines is 1. The van der Waals surface area contributed by atoms with Gasteiger partial charge in [0.15, 0.2) is 5.96 Å². The maximum Gasteiger partial charge on any atom is 0.193 e. The van der Waals surface area contributed by atoms with E-state index in [1.54, 1.807) is 0 Å². The van der Waals surface area contributed by atoms with Gasteiger partial charge in [-0.1, -0.05) is 18.2 Å². The van der Waals surface area contributed by atoms with Crippen molar-refractivity contribution < 1.29 is 0 Å². The van der Waals surface area contributed by atoms with E-state index in [2.05, 4.69) is 58.0 Å². The van der Waals surface area contributed by atoms with Crippen LogP contribution in [0.15, 0.2) is 47.5 Å². The third-order valence-corrected chi connectivity index (χ3v) is 4.16. The van der Waals surface area contributed by atoms with Crippen LogP contribution in [0.4, 0.5) is 5.69 Å². The summed E-state index contributed by atoms with van der Waals surface area (Å²) in [6, 6.07) is 14.5. The van der Waals surface area contributed by atoms with Gasteiger partial charge in [-0.05, 0) is 62.6 Å². The van der Waals surface area contributed by atoms with Crippen LogP contribution in [0.3, 0.4) is 0 Å². The topological polar surface area (TPSA) is 68.2 Å². The van der Waals surface area contributed by atoms with Crippen LogP contribution < -0.4 is 11.1 Å². The molecule has 0 radical (unpaired) electrons. The van der Waals surface area contributed by atoms with Crippen molar-refractivity contribution in [3.63, 3.8) is 0 Å². The van der Waals surface area contributed by atoms with Crippen molar-refractivity contribution in [1.82, 2.24) is 9.55 Å². The quantitative estimate of drug-likeness (QED) is 0.255. The van der Waals surface area contributed by atoms with E-state index in [-0.39, 0.29) is 24.0 Å². The van der Waals surface area contributed by atoms with Crippen molar-refractivity contribution in [2.24, 2.45) is 10.7 Å². The number of nitrogens with zero attached hydrogens (tertiary/aromatic N) is 3. The molecule has 0 aliphatic rings. The van der Waals surface area contributed by atoms with Gasteiger partial charge in [0.05, 0.1) is 11.0 Å². The normalized spacial score (nSPS) is 11.4. The standard InChI is InChI=1S/C20H25N5.HI/c1-14-11-15(2)13-17(12-14)24-20(21)22-9-6-10-25-16(3)23-18-7-4-5-8-19(18)25;/h4-5,7-8,11-13H,6,9-10H2,1-3H3,(H3,21,22,24);1H. The maximum absolute atomic E-state index is 6.01. The van der Waals surface area contributed by atoms with E-state index in [1.165, 1.54) is 16.6 Å². The largest absolute Gasteiger partial charge is 0.370 e. The zero-order valence-corrected chi connectivity index (χ0v) is 17.8. The van der Waals surface area contributed by atoms with Crippen LogP contribution in [-0.4, -0.2) is 22.1 Å². The van der Waals surface area contributed by atoms with Crippen molar-refractivity contribution in [2.45, 2.75) is 33.7 Å². The van der Waals surface area contributed by atoms with E-state index in [1.807, 2.05) is 25.1 Å². The van der Waals surface area contributed by atoms with Gasteiger partial charge < -0.3 is 15.6 Å².